The van der Waals surface area contributed by atoms with Crippen molar-refractivity contribution in [1.82, 2.24) is 15.8 Å². The highest BCUT2D eigenvalue weighted by molar-refractivity contribution is 7.09. The van der Waals surface area contributed by atoms with Crippen LogP contribution >= 0.6 is 11.3 Å². The Bertz CT molecular complexity index is 733. The zero-order chi connectivity index (χ0) is 16.0. The minimum atomic E-state index is -0.0812. The van der Waals surface area contributed by atoms with Crippen LogP contribution in [0.4, 0.5) is 0 Å². The van der Waals surface area contributed by atoms with Gasteiger partial charge in [0.25, 0.3) is 0 Å². The fourth-order valence-corrected chi connectivity index (χ4v) is 3.95. The first-order chi connectivity index (χ1) is 11.1. The van der Waals surface area contributed by atoms with Crippen molar-refractivity contribution in [2.45, 2.75) is 31.8 Å². The Balaban J connectivity index is 1.74. The number of nitrogens with one attached hydrogen (secondary N) is 2. The van der Waals surface area contributed by atoms with Crippen LogP contribution < -0.4 is 20.3 Å². The first-order valence-corrected chi connectivity index (χ1v) is 8.57. The minimum absolute atomic E-state index is 0.0812. The van der Waals surface area contributed by atoms with E-state index in [-0.39, 0.29) is 23.8 Å². The number of thiazole rings is 1. The maximum absolute atomic E-state index is 10.7. The summed E-state index contributed by atoms with van der Waals surface area (Å²) in [7, 11) is 0. The molecule has 2 aliphatic heterocycles. The van der Waals surface area contributed by atoms with Gasteiger partial charge in [-0.15, -0.1) is 11.3 Å². The Morgan fingerprint density at radius 1 is 1.26 bits per heavy atom. The summed E-state index contributed by atoms with van der Waals surface area (Å²) in [5.41, 5.74) is 8.38. The molecule has 1 aromatic heterocycles. The summed E-state index contributed by atoms with van der Waals surface area (Å²) in [6.45, 7) is 5.07. The molecule has 23 heavy (non-hydrogen) atoms. The van der Waals surface area contributed by atoms with Crippen molar-refractivity contribution in [2.24, 2.45) is 0 Å². The largest absolute Gasteiger partial charge is 0.504 e. The summed E-state index contributed by atoms with van der Waals surface area (Å²) in [5.74, 6) is 1.31. The monoisotopic (exact) mass is 333 g/mol. The molecule has 4 rings (SSSR count). The maximum Gasteiger partial charge on any atom is 0.203 e. The smallest absolute Gasteiger partial charge is 0.203 e. The molecule has 1 fully saturated rings. The number of nitrogens with zero attached hydrogens (tertiary/aromatic N) is 1. The van der Waals surface area contributed by atoms with E-state index < -0.39 is 0 Å². The van der Waals surface area contributed by atoms with Gasteiger partial charge in [0.15, 0.2) is 11.5 Å². The first-order valence-electron chi connectivity index (χ1n) is 7.69. The van der Waals surface area contributed by atoms with Crippen LogP contribution in [0, 0.1) is 6.92 Å². The number of rotatable bonds is 2. The fraction of sp³-hybridized carbons (Fsp3) is 0.438. The Kier molecular flexibility index (Phi) is 3.63. The molecule has 0 amide bonds. The van der Waals surface area contributed by atoms with E-state index in [9.17, 15) is 5.11 Å². The van der Waals surface area contributed by atoms with Gasteiger partial charge in [-0.05, 0) is 26.0 Å². The summed E-state index contributed by atoms with van der Waals surface area (Å²) in [5, 5.41) is 13.8. The quantitative estimate of drug-likeness (QED) is 0.783. The van der Waals surface area contributed by atoms with E-state index in [1.807, 2.05) is 19.1 Å². The second kappa shape index (κ2) is 5.67. The molecule has 122 valence electrons. The number of phenols is 1. The highest BCUT2D eigenvalue weighted by atomic mass is 32.1. The zero-order valence-electron chi connectivity index (χ0n) is 13.0. The molecule has 0 bridgehead atoms. The van der Waals surface area contributed by atoms with Gasteiger partial charge in [-0.25, -0.2) is 10.4 Å². The van der Waals surface area contributed by atoms with Crippen LogP contribution in [0.1, 0.15) is 35.1 Å². The Morgan fingerprint density at radius 2 is 2.09 bits per heavy atom. The number of benzene rings is 1. The summed E-state index contributed by atoms with van der Waals surface area (Å²) >= 11 is 1.64. The van der Waals surface area contributed by atoms with Gasteiger partial charge in [0.2, 0.25) is 5.75 Å². The summed E-state index contributed by atoms with van der Waals surface area (Å²) in [6, 6.07) is 3.88. The van der Waals surface area contributed by atoms with Crippen molar-refractivity contribution in [1.29, 1.82) is 0 Å². The van der Waals surface area contributed by atoms with E-state index in [1.54, 1.807) is 11.3 Å². The zero-order valence-corrected chi connectivity index (χ0v) is 13.8. The Morgan fingerprint density at radius 3 is 2.87 bits per heavy atom. The van der Waals surface area contributed by atoms with Crippen molar-refractivity contribution >= 4 is 11.3 Å². The first kappa shape index (κ1) is 14.7. The fourth-order valence-electron chi connectivity index (χ4n) is 3.29. The number of aromatic hydroxyl groups is 1. The molecule has 2 aromatic rings. The van der Waals surface area contributed by atoms with Crippen LogP contribution in [0.5, 0.6) is 17.2 Å². The van der Waals surface area contributed by atoms with Gasteiger partial charge in [0.05, 0.1) is 16.7 Å². The van der Waals surface area contributed by atoms with E-state index in [1.165, 1.54) is 0 Å². The Hall–Kier alpha value is -1.83. The van der Waals surface area contributed by atoms with Crippen molar-refractivity contribution in [3.8, 4) is 17.2 Å². The number of hydrazine groups is 1. The van der Waals surface area contributed by atoms with Gasteiger partial charge >= 0.3 is 0 Å². The third kappa shape index (κ3) is 2.45. The second-order valence-corrected chi connectivity index (χ2v) is 6.96. The van der Waals surface area contributed by atoms with E-state index >= 15 is 0 Å². The van der Waals surface area contributed by atoms with Crippen LogP contribution in [-0.4, -0.2) is 29.3 Å². The summed E-state index contributed by atoms with van der Waals surface area (Å²) in [4.78, 5) is 4.64. The van der Waals surface area contributed by atoms with Gasteiger partial charge in [-0.2, -0.15) is 0 Å². The third-order valence-electron chi connectivity index (χ3n) is 4.39. The van der Waals surface area contributed by atoms with Crippen LogP contribution in [0.3, 0.4) is 0 Å². The average Bonchev–Trinajstić information content (AvgIpc) is 3.14. The van der Waals surface area contributed by atoms with E-state index in [2.05, 4.69) is 28.1 Å². The average molecular weight is 333 g/mol. The molecule has 6 nitrogen and oxygen atoms in total. The SMILES string of the molecule is Cc1nc(C2C(C)NNC2c2ccc3c(c2O)OCCO3)cs1. The van der Waals surface area contributed by atoms with Gasteiger partial charge in [-0.3, -0.25) is 5.43 Å². The number of aromatic nitrogens is 1. The van der Waals surface area contributed by atoms with Crippen molar-refractivity contribution in [3.05, 3.63) is 33.8 Å². The molecule has 3 heterocycles. The number of phenolic OH excluding ortho intramolecular Hbond substituents is 1. The lowest BCUT2D eigenvalue weighted by Gasteiger charge is -2.24. The van der Waals surface area contributed by atoms with E-state index in [0.717, 1.165) is 16.3 Å². The highest BCUT2D eigenvalue weighted by Crippen LogP contribution is 2.47. The number of aryl methyl sites for hydroxylation is 1. The van der Waals surface area contributed by atoms with Gasteiger partial charge in [-0.1, -0.05) is 0 Å². The number of hydrogen-bond acceptors (Lipinski definition) is 7. The molecule has 3 atom stereocenters. The normalized spacial score (nSPS) is 26.4. The molecular formula is C16H19N3O3S. The van der Waals surface area contributed by atoms with Crippen LogP contribution in [0.25, 0.3) is 0 Å². The molecule has 1 saturated heterocycles. The molecule has 3 unspecified atom stereocenters. The Labute approximate surface area is 138 Å². The molecule has 0 spiro atoms. The number of hydrogen-bond donors (Lipinski definition) is 3. The molecule has 0 aliphatic carbocycles. The topological polar surface area (TPSA) is 75.6 Å². The predicted octanol–water partition coefficient (Wildman–Crippen LogP) is 2.25. The molecule has 7 heteroatoms. The lowest BCUT2D eigenvalue weighted by Crippen LogP contribution is -2.29. The lowest BCUT2D eigenvalue weighted by atomic mass is 9.87. The van der Waals surface area contributed by atoms with Crippen LogP contribution in [0.15, 0.2) is 17.5 Å². The van der Waals surface area contributed by atoms with Gasteiger partial charge in [0.1, 0.15) is 13.2 Å². The van der Waals surface area contributed by atoms with Crippen LogP contribution in [0.2, 0.25) is 0 Å². The minimum Gasteiger partial charge on any atom is -0.504 e. The van der Waals surface area contributed by atoms with Gasteiger partial charge in [0, 0.05) is 22.9 Å². The highest BCUT2D eigenvalue weighted by Gasteiger charge is 2.39. The molecule has 0 radical (unpaired) electrons. The summed E-state index contributed by atoms with van der Waals surface area (Å²) in [6.07, 6.45) is 0. The third-order valence-corrected chi connectivity index (χ3v) is 5.18. The second-order valence-electron chi connectivity index (χ2n) is 5.90. The number of fused-ring (bicyclic) bond motifs is 1. The van der Waals surface area contributed by atoms with E-state index in [4.69, 9.17) is 9.47 Å². The molecule has 0 saturated carbocycles. The lowest BCUT2D eigenvalue weighted by molar-refractivity contribution is 0.165. The molecule has 3 N–H and O–H groups in total. The van der Waals surface area contributed by atoms with Crippen LogP contribution in [-0.2, 0) is 0 Å². The molecule has 2 aliphatic rings. The van der Waals surface area contributed by atoms with Crippen molar-refractivity contribution < 1.29 is 14.6 Å². The summed E-state index contributed by atoms with van der Waals surface area (Å²) < 4.78 is 11.1. The molecular weight excluding hydrogens is 314 g/mol. The van der Waals surface area contributed by atoms with Crippen molar-refractivity contribution in [2.75, 3.05) is 13.2 Å². The van der Waals surface area contributed by atoms with Gasteiger partial charge < -0.3 is 14.6 Å². The van der Waals surface area contributed by atoms with Crippen molar-refractivity contribution in [3.63, 3.8) is 0 Å². The standard InChI is InChI=1S/C16H19N3O3S/c1-8-13(11-7-23-9(2)17-11)14(19-18-8)10-3-4-12-16(15(10)20)22-6-5-21-12/h3-4,7-8,13-14,18-20H,5-6H2,1-2H3. The maximum atomic E-state index is 10.7. The molecule has 1 aromatic carbocycles. The predicted molar refractivity (Wildman–Crippen MR) is 87.2 cm³/mol. The van der Waals surface area contributed by atoms with E-state index in [0.29, 0.717) is 24.7 Å². The number of ether oxygens (including phenoxy) is 2.